The van der Waals surface area contributed by atoms with E-state index in [4.69, 9.17) is 4.74 Å². The molecule has 5 heteroatoms. The Balaban J connectivity index is 1.60. The molecule has 0 spiro atoms. The molecule has 1 N–H and O–H groups in total. The summed E-state index contributed by atoms with van der Waals surface area (Å²) in [7, 11) is 0. The first-order valence-corrected chi connectivity index (χ1v) is 10.7. The molecule has 3 fully saturated rings. The normalized spacial score (nSPS) is 47.1. The molecule has 0 aromatic heterocycles. The Morgan fingerprint density at radius 3 is 2.57 bits per heavy atom. The lowest BCUT2D eigenvalue weighted by atomic mass is 9.45. The van der Waals surface area contributed by atoms with E-state index < -0.39 is 17.0 Å². The number of rotatable bonds is 3. The molecular formula is C23H32O5. The van der Waals surface area contributed by atoms with Crippen molar-refractivity contribution in [1.29, 1.82) is 0 Å². The van der Waals surface area contributed by atoms with Gasteiger partial charge in [-0.25, -0.2) is 0 Å². The molecule has 0 saturated heterocycles. The fraction of sp³-hybridized carbons (Fsp3) is 0.783. The number of fused-ring (bicyclic) bond motifs is 5. The molecule has 0 bridgehead atoms. The van der Waals surface area contributed by atoms with Crippen LogP contribution in [0.15, 0.2) is 12.2 Å². The van der Waals surface area contributed by atoms with Crippen molar-refractivity contribution in [2.75, 3.05) is 6.61 Å². The van der Waals surface area contributed by atoms with Gasteiger partial charge in [0, 0.05) is 18.8 Å². The van der Waals surface area contributed by atoms with Crippen molar-refractivity contribution in [2.24, 2.45) is 34.5 Å². The second-order valence-corrected chi connectivity index (χ2v) is 10.1. The van der Waals surface area contributed by atoms with Gasteiger partial charge in [0.15, 0.2) is 12.4 Å². The summed E-state index contributed by atoms with van der Waals surface area (Å²) in [5, 5.41) is 11.4. The molecular weight excluding hydrogens is 356 g/mol. The second-order valence-electron chi connectivity index (χ2n) is 10.1. The molecule has 0 amide bonds. The molecule has 0 aliphatic heterocycles. The molecule has 4 aliphatic carbocycles. The van der Waals surface area contributed by atoms with Gasteiger partial charge in [0.2, 0.25) is 5.78 Å². The highest BCUT2D eigenvalue weighted by atomic mass is 16.5. The Morgan fingerprint density at radius 2 is 1.86 bits per heavy atom. The van der Waals surface area contributed by atoms with Gasteiger partial charge in [-0.2, -0.15) is 0 Å². The molecule has 4 aliphatic rings. The smallest absolute Gasteiger partial charge is 0.303 e. The topological polar surface area (TPSA) is 80.7 Å². The summed E-state index contributed by atoms with van der Waals surface area (Å²) in [5.41, 5.74) is -1.84. The SMILES string of the molecule is CC(=O)OCC(=O)[C@@]1(O)CC[C@H]2[C@@H]3CC[C@@H]4CC(=O)C=C[C@]4(C)[C@H]3CC[C@@]21C. The van der Waals surface area contributed by atoms with E-state index in [1.165, 1.54) is 6.92 Å². The lowest BCUT2D eigenvalue weighted by Gasteiger charge is -2.59. The highest BCUT2D eigenvalue weighted by molar-refractivity contribution is 5.91. The first kappa shape index (κ1) is 19.8. The number of Topliss-reactive ketones (excluding diaryl/α,β-unsaturated/α-hetero) is 1. The van der Waals surface area contributed by atoms with Crippen LogP contribution in [0.3, 0.4) is 0 Å². The predicted octanol–water partition coefficient (Wildman–Crippen LogP) is 3.24. The number of hydrogen-bond donors (Lipinski definition) is 1. The first-order valence-electron chi connectivity index (χ1n) is 10.7. The van der Waals surface area contributed by atoms with Crippen LogP contribution in [0.1, 0.15) is 65.7 Å². The number of carbonyl (C=O) groups is 3. The van der Waals surface area contributed by atoms with Crippen molar-refractivity contribution < 1.29 is 24.2 Å². The molecule has 7 atom stereocenters. The first-order chi connectivity index (χ1) is 13.1. The number of hydrogen-bond acceptors (Lipinski definition) is 5. The monoisotopic (exact) mass is 388 g/mol. The fourth-order valence-corrected chi connectivity index (χ4v) is 7.40. The van der Waals surface area contributed by atoms with E-state index in [-0.39, 0.29) is 23.6 Å². The number of carbonyl (C=O) groups excluding carboxylic acids is 3. The Hall–Kier alpha value is -1.49. The maximum atomic E-state index is 12.8. The van der Waals surface area contributed by atoms with Gasteiger partial charge in [-0.3, -0.25) is 14.4 Å². The van der Waals surface area contributed by atoms with Gasteiger partial charge in [0.25, 0.3) is 0 Å². The van der Waals surface area contributed by atoms with Crippen molar-refractivity contribution >= 4 is 17.5 Å². The van der Waals surface area contributed by atoms with Crippen LogP contribution in [0.5, 0.6) is 0 Å². The molecule has 4 rings (SSSR count). The minimum Gasteiger partial charge on any atom is -0.458 e. The Labute approximate surface area is 166 Å². The third kappa shape index (κ3) is 2.65. The zero-order valence-corrected chi connectivity index (χ0v) is 17.2. The van der Waals surface area contributed by atoms with Crippen molar-refractivity contribution in [3.05, 3.63) is 12.2 Å². The van der Waals surface area contributed by atoms with Gasteiger partial charge in [-0.1, -0.05) is 19.9 Å². The largest absolute Gasteiger partial charge is 0.458 e. The number of ketones is 2. The van der Waals surface area contributed by atoms with E-state index in [2.05, 4.69) is 19.9 Å². The molecule has 28 heavy (non-hydrogen) atoms. The summed E-state index contributed by atoms with van der Waals surface area (Å²) in [4.78, 5) is 35.9. The van der Waals surface area contributed by atoms with Gasteiger partial charge in [-0.15, -0.1) is 0 Å². The standard InChI is InChI=1S/C23H32O5/c1-14(24)28-13-20(26)23(27)11-8-19-17-5-4-15-12-16(25)6-9-21(15,2)18(17)7-10-22(19,23)3/h6,9,15,17-19,27H,4-5,7-8,10-13H2,1-3H3/t15-,17-,18+,19+,21+,22+,23+/m1/s1. The number of ether oxygens (including phenoxy) is 1. The number of aliphatic hydroxyl groups is 1. The second kappa shape index (κ2) is 6.51. The molecule has 5 nitrogen and oxygen atoms in total. The van der Waals surface area contributed by atoms with Crippen LogP contribution >= 0.6 is 0 Å². The Kier molecular flexibility index (Phi) is 4.61. The zero-order valence-electron chi connectivity index (χ0n) is 17.2. The van der Waals surface area contributed by atoms with E-state index >= 15 is 0 Å². The summed E-state index contributed by atoms with van der Waals surface area (Å²) in [6.07, 6.45) is 9.76. The number of esters is 1. The van der Waals surface area contributed by atoms with Crippen molar-refractivity contribution in [1.82, 2.24) is 0 Å². The van der Waals surface area contributed by atoms with Crippen LogP contribution in [0.4, 0.5) is 0 Å². The lowest BCUT2D eigenvalue weighted by Crippen LogP contribution is -2.58. The summed E-state index contributed by atoms with van der Waals surface area (Å²) in [6.45, 7) is 5.32. The maximum absolute atomic E-state index is 12.8. The van der Waals surface area contributed by atoms with Crippen molar-refractivity contribution in [3.63, 3.8) is 0 Å². The summed E-state index contributed by atoms with van der Waals surface area (Å²) in [6, 6.07) is 0. The van der Waals surface area contributed by atoms with Crippen molar-refractivity contribution in [3.8, 4) is 0 Å². The molecule has 0 aromatic rings. The van der Waals surface area contributed by atoms with Crippen LogP contribution < -0.4 is 0 Å². The van der Waals surface area contributed by atoms with Gasteiger partial charge in [0.05, 0.1) is 0 Å². The van der Waals surface area contributed by atoms with Gasteiger partial charge >= 0.3 is 5.97 Å². The highest BCUT2D eigenvalue weighted by Crippen LogP contribution is 2.67. The predicted molar refractivity (Wildman–Crippen MR) is 103 cm³/mol. The van der Waals surface area contributed by atoms with E-state index in [9.17, 15) is 19.5 Å². The molecule has 3 saturated carbocycles. The third-order valence-electron chi connectivity index (χ3n) is 9.06. The molecule has 0 aromatic carbocycles. The Morgan fingerprint density at radius 1 is 1.14 bits per heavy atom. The van der Waals surface area contributed by atoms with Gasteiger partial charge < -0.3 is 9.84 Å². The van der Waals surface area contributed by atoms with Crippen LogP contribution in [0, 0.1) is 34.5 Å². The quantitative estimate of drug-likeness (QED) is 0.751. The summed E-state index contributed by atoms with van der Waals surface area (Å²) >= 11 is 0. The molecule has 0 heterocycles. The van der Waals surface area contributed by atoms with E-state index in [0.717, 1.165) is 32.1 Å². The van der Waals surface area contributed by atoms with Gasteiger partial charge in [0.1, 0.15) is 5.60 Å². The van der Waals surface area contributed by atoms with Crippen LogP contribution in [0.2, 0.25) is 0 Å². The Bertz CT molecular complexity index is 741. The number of allylic oxidation sites excluding steroid dienone is 2. The summed E-state index contributed by atoms with van der Waals surface area (Å²) in [5.74, 6) is 1.07. The van der Waals surface area contributed by atoms with Crippen LogP contribution in [-0.2, 0) is 19.1 Å². The third-order valence-corrected chi connectivity index (χ3v) is 9.06. The van der Waals surface area contributed by atoms with E-state index in [1.54, 1.807) is 6.08 Å². The highest BCUT2D eigenvalue weighted by Gasteiger charge is 2.66. The zero-order chi connectivity index (χ0) is 20.3. The summed E-state index contributed by atoms with van der Waals surface area (Å²) < 4.78 is 4.92. The molecule has 0 radical (unpaired) electrons. The van der Waals surface area contributed by atoms with E-state index in [0.29, 0.717) is 36.5 Å². The van der Waals surface area contributed by atoms with Crippen LogP contribution in [-0.4, -0.2) is 34.9 Å². The average molecular weight is 389 g/mol. The average Bonchev–Trinajstić information content (AvgIpc) is 2.92. The fourth-order valence-electron chi connectivity index (χ4n) is 7.40. The lowest BCUT2D eigenvalue weighted by molar-refractivity contribution is -0.171. The van der Waals surface area contributed by atoms with Crippen LogP contribution in [0.25, 0.3) is 0 Å². The van der Waals surface area contributed by atoms with E-state index in [1.807, 2.05) is 0 Å². The van der Waals surface area contributed by atoms with Gasteiger partial charge in [-0.05, 0) is 73.7 Å². The maximum Gasteiger partial charge on any atom is 0.303 e. The minimum atomic E-state index is -1.41. The molecule has 0 unspecified atom stereocenters. The minimum absolute atomic E-state index is 0.0423. The van der Waals surface area contributed by atoms with Crippen molar-refractivity contribution in [2.45, 2.75) is 71.3 Å². The molecule has 154 valence electrons.